The number of hydrogen-bond acceptors (Lipinski definition) is 21. The fourth-order valence-corrected chi connectivity index (χ4v) is 6.48. The summed E-state index contributed by atoms with van der Waals surface area (Å²) in [6, 6.07) is 21.5. The summed E-state index contributed by atoms with van der Waals surface area (Å²) in [6.45, 7) is 4.49. The van der Waals surface area contributed by atoms with Gasteiger partial charge < -0.3 is 100 Å². The van der Waals surface area contributed by atoms with Crippen molar-refractivity contribution >= 4 is 18.1 Å². The quantitative estimate of drug-likeness (QED) is 0.00430. The van der Waals surface area contributed by atoms with E-state index in [2.05, 4.69) is 4.89 Å². The summed E-state index contributed by atoms with van der Waals surface area (Å²) < 4.78 is 49.4. The summed E-state index contributed by atoms with van der Waals surface area (Å²) in [5.41, 5.74) is 4.21. The van der Waals surface area contributed by atoms with Crippen molar-refractivity contribution in [3.8, 4) is 46.0 Å². The molecular weight excluding hydrogens is 1090 g/mol. The van der Waals surface area contributed by atoms with Gasteiger partial charge in [-0.05, 0) is 122 Å². The number of phenols is 4. The van der Waals surface area contributed by atoms with E-state index in [9.17, 15) is 20.4 Å². The van der Waals surface area contributed by atoms with E-state index in [0.717, 1.165) is 73.6 Å². The molecule has 0 saturated heterocycles. The first-order valence-electron chi connectivity index (χ1n) is 24.6. The maximum atomic E-state index is 9.39. The molecule has 4 aromatic rings. The Morgan fingerprint density at radius 1 is 0.390 bits per heavy atom. The zero-order valence-corrected chi connectivity index (χ0v) is 51.6. The summed E-state index contributed by atoms with van der Waals surface area (Å²) in [5.74, 6) is 2.58. The monoisotopic (exact) mass is 1160 g/mol. The predicted molar refractivity (Wildman–Crippen MR) is 276 cm³/mol. The van der Waals surface area contributed by atoms with Crippen LogP contribution in [0.4, 0.5) is 0 Å². The molecule has 21 nitrogen and oxygen atoms in total. The molecule has 24 heteroatoms. The average molecular weight is 1170 g/mol. The molecule has 4 aromatic carbocycles. The van der Waals surface area contributed by atoms with E-state index < -0.39 is 0 Å². The molecule has 0 saturated carbocycles. The first kappa shape index (κ1) is 76.9. The largest absolute Gasteiger partial charge is 1.00 e. The van der Waals surface area contributed by atoms with Crippen molar-refractivity contribution in [1.29, 1.82) is 0 Å². The van der Waals surface area contributed by atoms with Crippen LogP contribution in [0, 0.1) is 0 Å². The van der Waals surface area contributed by atoms with Crippen molar-refractivity contribution in [2.24, 2.45) is 0 Å². The number of rotatable bonds is 39. The van der Waals surface area contributed by atoms with Gasteiger partial charge in [0.15, 0.2) is 46.0 Å². The Hall–Kier alpha value is -2.13. The summed E-state index contributed by atoms with van der Waals surface area (Å²) in [5, 5.41) is 89.3. The van der Waals surface area contributed by atoms with Gasteiger partial charge >= 0.3 is 103 Å². The predicted octanol–water partition coefficient (Wildman–Crippen LogP) is -2.33. The standard InChI is InChI=1S/C32H50O12.C16H18O4.C4H9ClO2.CH2O3.2K.H/c33-9-13-37-17-21-41-29-7-5-27(25-31(29)43-23-19-39-15-11-35)3-1-2-4-28-6-8-30(42-22-18-38-14-10-34)32(26-28)44-24-20-40-16-12-36;17-13-7-5-11(9-15(13)19)3-1-2-4-12-6-8-14(18)16(20)10-12;5-1-3-7-4-2-6;2-1-4-3;;;/h5-8,25-26,33-36H,1-4,9-24H2;5-10,17-20H,1-4H2;6H,1-4H2;1,3H;;;/q;;;;2*+1;-1/p-1. The minimum atomic E-state index is -0.181. The number of carbonyl (C=O) groups is 1. The van der Waals surface area contributed by atoms with Crippen molar-refractivity contribution in [3.05, 3.63) is 95.1 Å². The van der Waals surface area contributed by atoms with Crippen molar-refractivity contribution in [3.63, 3.8) is 0 Å². The molecular formula is C53H79ClK2O21. The Morgan fingerprint density at radius 2 is 0.662 bits per heavy atom. The van der Waals surface area contributed by atoms with Crippen LogP contribution in [0.25, 0.3) is 0 Å². The minimum absolute atomic E-state index is 0. The van der Waals surface area contributed by atoms with E-state index in [0.29, 0.717) is 94.9 Å². The number of halogens is 1. The summed E-state index contributed by atoms with van der Waals surface area (Å²) in [6.07, 6.45) is 7.14. The second kappa shape index (κ2) is 54.5. The van der Waals surface area contributed by atoms with Crippen LogP contribution in [0.15, 0.2) is 72.8 Å². The minimum Gasteiger partial charge on any atom is -1.00 e. The molecule has 0 aromatic heterocycles. The van der Waals surface area contributed by atoms with Gasteiger partial charge in [0.05, 0.1) is 99.1 Å². The van der Waals surface area contributed by atoms with E-state index in [1.807, 2.05) is 36.4 Å². The van der Waals surface area contributed by atoms with E-state index in [-0.39, 0.29) is 193 Å². The fourth-order valence-electron chi connectivity index (χ4n) is 6.38. The third kappa shape index (κ3) is 40.7. The summed E-state index contributed by atoms with van der Waals surface area (Å²) in [7, 11) is 0. The second-order valence-electron chi connectivity index (χ2n) is 15.6. The Morgan fingerprint density at radius 3 is 0.935 bits per heavy atom. The van der Waals surface area contributed by atoms with Gasteiger partial charge in [0.1, 0.15) is 26.4 Å². The summed E-state index contributed by atoms with van der Waals surface area (Å²) in [4.78, 5) is 11.2. The van der Waals surface area contributed by atoms with Crippen LogP contribution in [0.2, 0.25) is 0 Å². The molecule has 0 fully saturated rings. The molecule has 0 aliphatic carbocycles. The van der Waals surface area contributed by atoms with Crippen LogP contribution in [0.5, 0.6) is 46.0 Å². The van der Waals surface area contributed by atoms with Crippen molar-refractivity contribution in [2.45, 2.75) is 51.4 Å². The molecule has 0 bridgehead atoms. The molecule has 426 valence electrons. The van der Waals surface area contributed by atoms with Crippen LogP contribution < -0.4 is 127 Å². The van der Waals surface area contributed by atoms with Gasteiger partial charge in [-0.3, -0.25) is 4.79 Å². The van der Waals surface area contributed by atoms with Crippen LogP contribution in [-0.2, 0) is 59.0 Å². The van der Waals surface area contributed by atoms with E-state index in [4.69, 9.17) is 89.8 Å². The van der Waals surface area contributed by atoms with Crippen molar-refractivity contribution in [2.75, 3.05) is 131 Å². The van der Waals surface area contributed by atoms with Gasteiger partial charge in [0.25, 0.3) is 6.47 Å². The maximum Gasteiger partial charge on any atom is 1.00 e. The molecule has 0 amide bonds. The smallest absolute Gasteiger partial charge is 1.00 e. The maximum absolute atomic E-state index is 9.39. The molecule has 77 heavy (non-hydrogen) atoms. The molecule has 0 spiro atoms. The Bertz CT molecular complexity index is 1880. The second-order valence-corrected chi connectivity index (χ2v) is 16.0. The number of aliphatic hydroxyl groups is 5. The number of unbranched alkanes of at least 4 members (excludes halogenated alkanes) is 2. The third-order valence-corrected chi connectivity index (χ3v) is 9.99. The number of alkyl halides is 1. The Kier molecular flexibility index (Phi) is 54.4. The van der Waals surface area contributed by atoms with Gasteiger partial charge in [0.2, 0.25) is 0 Å². The number of aromatic hydroxyl groups is 4. The van der Waals surface area contributed by atoms with Crippen molar-refractivity contribution < 1.29 is 208 Å². The van der Waals surface area contributed by atoms with Gasteiger partial charge in [-0.25, -0.2) is 0 Å². The third-order valence-electron chi connectivity index (χ3n) is 9.84. The number of phenolic OH excluding ortho intramolecular Hbond substituents is 4. The van der Waals surface area contributed by atoms with E-state index >= 15 is 0 Å². The topological polar surface area (TPSA) is 314 Å². The van der Waals surface area contributed by atoms with Crippen LogP contribution in [0.3, 0.4) is 0 Å². The Labute approximate surface area is 543 Å². The van der Waals surface area contributed by atoms with Crippen LogP contribution in [-0.4, -0.2) is 184 Å². The first-order chi connectivity index (χ1) is 36.6. The zero-order valence-electron chi connectivity index (χ0n) is 45.6. The molecule has 9 N–H and O–H groups in total. The SMILES string of the molecule is O=CO[O-].OCCOCCCl.OCCOCCOc1ccc(CCCCc2ccc(OCCOCCO)c(OCCOCCO)c2)cc1OCCOCCO.Oc1ccc(CCCCc2ccc(O)c(O)c2)cc1O.[H-].[K+].[K+]. The fraction of sp³-hybridized carbons (Fsp3) is 0.528. The molecule has 0 aliphatic heterocycles. The van der Waals surface area contributed by atoms with Gasteiger partial charge in [-0.2, -0.15) is 0 Å². The normalized spacial score (nSPS) is 10.2. The Balaban J connectivity index is -0.00000136. The molecule has 0 radical (unpaired) electrons. The van der Waals surface area contributed by atoms with Crippen LogP contribution in [0.1, 0.15) is 49.4 Å². The van der Waals surface area contributed by atoms with E-state index in [1.54, 1.807) is 24.3 Å². The van der Waals surface area contributed by atoms with E-state index in [1.165, 1.54) is 12.1 Å². The van der Waals surface area contributed by atoms with Crippen molar-refractivity contribution in [1.82, 2.24) is 0 Å². The number of benzene rings is 4. The molecule has 0 aliphatic rings. The number of carbonyl (C=O) groups excluding carboxylic acids is 1. The van der Waals surface area contributed by atoms with Gasteiger partial charge in [0, 0.05) is 5.88 Å². The molecule has 0 atom stereocenters. The average Bonchev–Trinajstić information content (AvgIpc) is 3.42. The molecule has 0 unspecified atom stereocenters. The number of ether oxygens (including phenoxy) is 9. The van der Waals surface area contributed by atoms with Gasteiger partial charge in [-0.1, -0.05) is 24.3 Å². The molecule has 0 heterocycles. The number of hydrogen-bond donors (Lipinski definition) is 9. The first-order valence-corrected chi connectivity index (χ1v) is 25.1. The molecule has 4 rings (SSSR count). The van der Waals surface area contributed by atoms with Crippen LogP contribution >= 0.6 is 11.6 Å². The summed E-state index contributed by atoms with van der Waals surface area (Å²) >= 11 is 5.23. The number of aryl methyl sites for hydroxylation is 4. The number of aliphatic hydroxyl groups excluding tert-OH is 5. The zero-order chi connectivity index (χ0) is 55.0. The van der Waals surface area contributed by atoms with Gasteiger partial charge in [-0.15, -0.1) is 11.6 Å².